The normalized spacial score (nSPS) is 26.4. The standard InChI is InChI=1S/C15H24N2O/c1-11(18-3)13-5-4-6-14(8-13)15-7-12(9-16)10-17(15)2/h4-6,8,11-12,15H,7,9-10,16H2,1-3H3. The zero-order valence-electron chi connectivity index (χ0n) is 11.6. The zero-order valence-corrected chi connectivity index (χ0v) is 11.6. The van der Waals surface area contributed by atoms with E-state index in [9.17, 15) is 0 Å². The Hall–Kier alpha value is -0.900. The molecule has 1 heterocycles. The molecule has 3 heteroatoms. The molecule has 0 aromatic heterocycles. The summed E-state index contributed by atoms with van der Waals surface area (Å²) in [6, 6.07) is 9.25. The van der Waals surface area contributed by atoms with Gasteiger partial charge in [-0.3, -0.25) is 4.90 Å². The molecule has 0 radical (unpaired) electrons. The lowest BCUT2D eigenvalue weighted by molar-refractivity contribution is 0.119. The van der Waals surface area contributed by atoms with Gasteiger partial charge in [-0.2, -0.15) is 0 Å². The highest BCUT2D eigenvalue weighted by molar-refractivity contribution is 5.28. The van der Waals surface area contributed by atoms with Crippen molar-refractivity contribution >= 4 is 0 Å². The molecule has 3 unspecified atom stereocenters. The summed E-state index contributed by atoms with van der Waals surface area (Å²) < 4.78 is 5.39. The van der Waals surface area contributed by atoms with Gasteiger partial charge in [-0.1, -0.05) is 24.3 Å². The van der Waals surface area contributed by atoms with Crippen molar-refractivity contribution in [3.8, 4) is 0 Å². The van der Waals surface area contributed by atoms with E-state index in [4.69, 9.17) is 10.5 Å². The molecule has 1 saturated heterocycles. The summed E-state index contributed by atoms with van der Waals surface area (Å²) in [5.74, 6) is 0.628. The maximum Gasteiger partial charge on any atom is 0.0793 e. The largest absolute Gasteiger partial charge is 0.377 e. The molecule has 0 saturated carbocycles. The second-order valence-corrected chi connectivity index (χ2v) is 5.34. The Balaban J connectivity index is 2.18. The first-order valence-corrected chi connectivity index (χ1v) is 6.68. The Morgan fingerprint density at radius 2 is 2.28 bits per heavy atom. The second kappa shape index (κ2) is 5.83. The van der Waals surface area contributed by atoms with Crippen LogP contribution in [-0.2, 0) is 4.74 Å². The fraction of sp³-hybridized carbons (Fsp3) is 0.600. The summed E-state index contributed by atoms with van der Waals surface area (Å²) in [4.78, 5) is 2.41. The average molecular weight is 248 g/mol. The monoisotopic (exact) mass is 248 g/mol. The van der Waals surface area contributed by atoms with Gasteiger partial charge in [0.25, 0.3) is 0 Å². The third-order valence-corrected chi connectivity index (χ3v) is 4.09. The van der Waals surface area contributed by atoms with Gasteiger partial charge >= 0.3 is 0 Å². The van der Waals surface area contributed by atoms with Gasteiger partial charge in [-0.15, -0.1) is 0 Å². The van der Waals surface area contributed by atoms with Crippen molar-refractivity contribution < 1.29 is 4.74 Å². The quantitative estimate of drug-likeness (QED) is 0.889. The van der Waals surface area contributed by atoms with Crippen molar-refractivity contribution in [3.63, 3.8) is 0 Å². The first-order valence-electron chi connectivity index (χ1n) is 6.68. The van der Waals surface area contributed by atoms with E-state index in [0.717, 1.165) is 19.5 Å². The van der Waals surface area contributed by atoms with Crippen molar-refractivity contribution in [1.29, 1.82) is 0 Å². The molecule has 2 rings (SSSR count). The van der Waals surface area contributed by atoms with Gasteiger partial charge < -0.3 is 10.5 Å². The number of nitrogens with two attached hydrogens (primary N) is 1. The van der Waals surface area contributed by atoms with Crippen LogP contribution in [0.3, 0.4) is 0 Å². The van der Waals surface area contributed by atoms with Crippen LogP contribution >= 0.6 is 0 Å². The van der Waals surface area contributed by atoms with E-state index in [-0.39, 0.29) is 6.10 Å². The first kappa shape index (κ1) is 13.5. The third-order valence-electron chi connectivity index (χ3n) is 4.09. The molecule has 3 nitrogen and oxygen atoms in total. The molecule has 3 atom stereocenters. The summed E-state index contributed by atoms with van der Waals surface area (Å²) in [6.45, 7) is 3.97. The minimum atomic E-state index is 0.155. The summed E-state index contributed by atoms with van der Waals surface area (Å²) in [6.07, 6.45) is 1.32. The van der Waals surface area contributed by atoms with E-state index in [1.807, 2.05) is 0 Å². The fourth-order valence-corrected chi connectivity index (χ4v) is 2.82. The van der Waals surface area contributed by atoms with E-state index in [0.29, 0.717) is 12.0 Å². The molecular formula is C15H24N2O. The average Bonchev–Trinajstić information content (AvgIpc) is 2.79. The molecule has 2 N–H and O–H groups in total. The van der Waals surface area contributed by atoms with Crippen molar-refractivity contribution in [2.75, 3.05) is 27.2 Å². The number of likely N-dealkylation sites (tertiary alicyclic amines) is 1. The number of rotatable bonds is 4. The van der Waals surface area contributed by atoms with Gasteiger partial charge in [0.2, 0.25) is 0 Å². The lowest BCUT2D eigenvalue weighted by Gasteiger charge is -2.21. The molecule has 0 amide bonds. The highest BCUT2D eigenvalue weighted by atomic mass is 16.5. The highest BCUT2D eigenvalue weighted by Gasteiger charge is 2.29. The summed E-state index contributed by atoms with van der Waals surface area (Å²) in [5.41, 5.74) is 8.42. The van der Waals surface area contributed by atoms with Crippen LogP contribution in [0.25, 0.3) is 0 Å². The number of benzene rings is 1. The molecule has 0 spiro atoms. The van der Waals surface area contributed by atoms with Crippen molar-refractivity contribution in [2.45, 2.75) is 25.5 Å². The Labute approximate surface area is 110 Å². The van der Waals surface area contributed by atoms with E-state index in [1.54, 1.807) is 7.11 Å². The number of ether oxygens (including phenoxy) is 1. The Morgan fingerprint density at radius 1 is 1.50 bits per heavy atom. The number of nitrogens with zero attached hydrogens (tertiary/aromatic N) is 1. The third kappa shape index (κ3) is 2.74. The van der Waals surface area contributed by atoms with Crippen LogP contribution in [0, 0.1) is 5.92 Å². The Kier molecular flexibility index (Phi) is 4.38. The van der Waals surface area contributed by atoms with Crippen LogP contribution in [0.4, 0.5) is 0 Å². The lowest BCUT2D eigenvalue weighted by Crippen LogP contribution is -2.20. The van der Waals surface area contributed by atoms with Crippen LogP contribution in [0.5, 0.6) is 0 Å². The molecule has 18 heavy (non-hydrogen) atoms. The minimum Gasteiger partial charge on any atom is -0.377 e. The van der Waals surface area contributed by atoms with Gasteiger partial charge in [-0.25, -0.2) is 0 Å². The maximum atomic E-state index is 5.79. The molecule has 1 aromatic rings. The second-order valence-electron chi connectivity index (χ2n) is 5.34. The summed E-state index contributed by atoms with van der Waals surface area (Å²) >= 11 is 0. The molecule has 1 fully saturated rings. The van der Waals surface area contributed by atoms with Crippen LogP contribution in [0.1, 0.15) is 36.6 Å². The first-order chi connectivity index (χ1) is 8.65. The topological polar surface area (TPSA) is 38.5 Å². The summed E-state index contributed by atoms with van der Waals surface area (Å²) in [7, 11) is 3.94. The van der Waals surface area contributed by atoms with E-state index < -0.39 is 0 Å². The Bertz CT molecular complexity index is 394. The summed E-state index contributed by atoms with van der Waals surface area (Å²) in [5, 5.41) is 0. The number of hydrogen-bond donors (Lipinski definition) is 1. The Morgan fingerprint density at radius 3 is 2.89 bits per heavy atom. The van der Waals surface area contributed by atoms with Gasteiger partial charge in [0.05, 0.1) is 6.10 Å². The van der Waals surface area contributed by atoms with Crippen LogP contribution in [0.2, 0.25) is 0 Å². The molecular weight excluding hydrogens is 224 g/mol. The fourth-order valence-electron chi connectivity index (χ4n) is 2.82. The number of hydrogen-bond acceptors (Lipinski definition) is 3. The number of methoxy groups -OCH3 is 1. The predicted octanol–water partition coefficient (Wildman–Crippen LogP) is 2.35. The molecule has 1 aliphatic heterocycles. The predicted molar refractivity (Wildman–Crippen MR) is 74.4 cm³/mol. The van der Waals surface area contributed by atoms with E-state index in [2.05, 4.69) is 43.1 Å². The van der Waals surface area contributed by atoms with Crippen molar-refractivity contribution in [2.24, 2.45) is 11.7 Å². The minimum absolute atomic E-state index is 0.155. The lowest BCUT2D eigenvalue weighted by atomic mass is 9.97. The molecule has 1 aliphatic rings. The van der Waals surface area contributed by atoms with Crippen LogP contribution in [-0.4, -0.2) is 32.1 Å². The van der Waals surface area contributed by atoms with Gasteiger partial charge in [-0.05, 0) is 44.0 Å². The van der Waals surface area contributed by atoms with Crippen molar-refractivity contribution in [1.82, 2.24) is 4.90 Å². The van der Waals surface area contributed by atoms with Gasteiger partial charge in [0.1, 0.15) is 0 Å². The van der Waals surface area contributed by atoms with Gasteiger partial charge in [0, 0.05) is 19.7 Å². The van der Waals surface area contributed by atoms with E-state index >= 15 is 0 Å². The molecule has 0 aliphatic carbocycles. The highest BCUT2D eigenvalue weighted by Crippen LogP contribution is 2.34. The molecule has 1 aromatic carbocycles. The van der Waals surface area contributed by atoms with Gasteiger partial charge in [0.15, 0.2) is 0 Å². The SMILES string of the molecule is COC(C)c1cccc(C2CC(CN)CN2C)c1. The van der Waals surface area contributed by atoms with E-state index in [1.165, 1.54) is 11.1 Å². The maximum absolute atomic E-state index is 5.79. The van der Waals surface area contributed by atoms with Crippen LogP contribution in [0.15, 0.2) is 24.3 Å². The zero-order chi connectivity index (χ0) is 13.1. The van der Waals surface area contributed by atoms with Crippen LogP contribution < -0.4 is 5.73 Å². The molecule has 100 valence electrons. The van der Waals surface area contributed by atoms with Crippen molar-refractivity contribution in [3.05, 3.63) is 35.4 Å². The smallest absolute Gasteiger partial charge is 0.0793 e. The molecule has 0 bridgehead atoms.